The minimum Gasteiger partial charge on any atom is -0.456 e. The van der Waals surface area contributed by atoms with Crippen molar-refractivity contribution < 1.29 is 4.42 Å². The summed E-state index contributed by atoms with van der Waals surface area (Å²) in [6, 6.07) is 11.8. The molecule has 15 heavy (non-hydrogen) atoms. The SMILES string of the molecule is Bc1cccc2oc3cc(Cl)ccc3c12. The average Bonchev–Trinajstić information content (AvgIpc) is 2.56. The van der Waals surface area contributed by atoms with E-state index in [0.29, 0.717) is 5.02 Å². The van der Waals surface area contributed by atoms with Crippen molar-refractivity contribution in [3.63, 3.8) is 0 Å². The van der Waals surface area contributed by atoms with Gasteiger partial charge in [-0.15, -0.1) is 0 Å². The Morgan fingerprint density at radius 1 is 1.07 bits per heavy atom. The molecule has 1 aromatic heterocycles. The average molecular weight is 214 g/mol. The van der Waals surface area contributed by atoms with Gasteiger partial charge in [-0.2, -0.15) is 0 Å². The van der Waals surface area contributed by atoms with Gasteiger partial charge in [0.1, 0.15) is 19.0 Å². The van der Waals surface area contributed by atoms with Gasteiger partial charge in [-0.25, -0.2) is 0 Å². The number of hydrogen-bond donors (Lipinski definition) is 0. The Bertz CT molecular complexity index is 657. The van der Waals surface area contributed by atoms with E-state index in [0.717, 1.165) is 16.6 Å². The molecule has 1 nitrogen and oxygen atoms in total. The lowest BCUT2D eigenvalue weighted by Gasteiger charge is -1.94. The van der Waals surface area contributed by atoms with Gasteiger partial charge in [0.15, 0.2) is 0 Å². The monoisotopic (exact) mass is 214 g/mol. The highest BCUT2D eigenvalue weighted by Gasteiger charge is 2.08. The summed E-state index contributed by atoms with van der Waals surface area (Å²) in [7, 11) is 2.09. The number of benzene rings is 2. The quantitative estimate of drug-likeness (QED) is 0.524. The largest absolute Gasteiger partial charge is 0.456 e. The molecule has 3 rings (SSSR count). The maximum Gasteiger partial charge on any atom is 0.140 e. The molecule has 0 saturated carbocycles. The number of rotatable bonds is 0. The summed E-state index contributed by atoms with van der Waals surface area (Å²) in [5.41, 5.74) is 3.01. The third-order valence-electron chi connectivity index (χ3n) is 2.67. The van der Waals surface area contributed by atoms with Crippen LogP contribution in [0.1, 0.15) is 0 Å². The molecule has 0 amide bonds. The first-order chi connectivity index (χ1) is 7.25. The van der Waals surface area contributed by atoms with Crippen LogP contribution in [0, 0.1) is 0 Å². The van der Waals surface area contributed by atoms with Crippen LogP contribution >= 0.6 is 11.6 Å². The van der Waals surface area contributed by atoms with E-state index in [-0.39, 0.29) is 0 Å². The predicted molar refractivity (Wildman–Crippen MR) is 66.9 cm³/mol. The number of halogens is 1. The fraction of sp³-hybridized carbons (Fsp3) is 0. The lowest BCUT2D eigenvalue weighted by atomic mass is 9.91. The van der Waals surface area contributed by atoms with Crippen LogP contribution in [0.3, 0.4) is 0 Å². The van der Waals surface area contributed by atoms with Crippen molar-refractivity contribution in [2.45, 2.75) is 0 Å². The molecule has 0 N–H and O–H groups in total. The van der Waals surface area contributed by atoms with Crippen LogP contribution in [0.5, 0.6) is 0 Å². The maximum atomic E-state index is 5.93. The second kappa shape index (κ2) is 3.04. The first-order valence-corrected chi connectivity index (χ1v) is 5.21. The Hall–Kier alpha value is -1.41. The fourth-order valence-electron chi connectivity index (χ4n) is 1.98. The van der Waals surface area contributed by atoms with Crippen molar-refractivity contribution >= 4 is 46.8 Å². The third-order valence-corrected chi connectivity index (χ3v) is 2.90. The molecule has 0 fully saturated rings. The Morgan fingerprint density at radius 3 is 2.80 bits per heavy atom. The molecule has 0 aliphatic carbocycles. The molecule has 0 unspecified atom stereocenters. The number of fused-ring (bicyclic) bond motifs is 3. The Balaban J connectivity index is 2.59. The third kappa shape index (κ3) is 1.25. The lowest BCUT2D eigenvalue weighted by molar-refractivity contribution is 0.669. The van der Waals surface area contributed by atoms with Crippen LogP contribution in [0.2, 0.25) is 5.02 Å². The van der Waals surface area contributed by atoms with Crippen LogP contribution in [0.15, 0.2) is 40.8 Å². The molecule has 0 saturated heterocycles. The van der Waals surface area contributed by atoms with E-state index in [1.54, 1.807) is 0 Å². The highest BCUT2D eigenvalue weighted by molar-refractivity contribution is 6.41. The predicted octanol–water partition coefficient (Wildman–Crippen LogP) is 2.50. The molecule has 0 aliphatic heterocycles. The lowest BCUT2D eigenvalue weighted by Crippen LogP contribution is -2.00. The van der Waals surface area contributed by atoms with Crippen molar-refractivity contribution in [3.8, 4) is 0 Å². The summed E-state index contributed by atoms with van der Waals surface area (Å²) < 4.78 is 5.73. The van der Waals surface area contributed by atoms with Gasteiger partial charge >= 0.3 is 0 Å². The van der Waals surface area contributed by atoms with E-state index in [1.165, 1.54) is 10.8 Å². The minimum absolute atomic E-state index is 0.708. The van der Waals surface area contributed by atoms with E-state index in [2.05, 4.69) is 13.9 Å². The highest BCUT2D eigenvalue weighted by atomic mass is 35.5. The van der Waals surface area contributed by atoms with E-state index in [1.807, 2.05) is 30.3 Å². The fourth-order valence-corrected chi connectivity index (χ4v) is 2.14. The molecular weight excluding hydrogens is 206 g/mol. The first-order valence-electron chi connectivity index (χ1n) is 4.83. The van der Waals surface area contributed by atoms with Crippen LogP contribution in [-0.2, 0) is 0 Å². The van der Waals surface area contributed by atoms with Crippen LogP contribution in [-0.4, -0.2) is 7.85 Å². The summed E-state index contributed by atoms with van der Waals surface area (Å²) in [5.74, 6) is 0. The zero-order valence-electron chi connectivity index (χ0n) is 8.25. The summed E-state index contributed by atoms with van der Waals surface area (Å²) >= 11 is 5.93. The van der Waals surface area contributed by atoms with Gasteiger partial charge in [-0.3, -0.25) is 0 Å². The number of hydrogen-bond acceptors (Lipinski definition) is 1. The van der Waals surface area contributed by atoms with E-state index < -0.39 is 0 Å². The molecular formula is C12H8BClO. The van der Waals surface area contributed by atoms with Crippen LogP contribution in [0.4, 0.5) is 0 Å². The van der Waals surface area contributed by atoms with E-state index >= 15 is 0 Å². The minimum atomic E-state index is 0.708. The molecule has 0 aliphatic rings. The molecule has 0 bridgehead atoms. The van der Waals surface area contributed by atoms with Crippen molar-refractivity contribution in [2.24, 2.45) is 0 Å². The second-order valence-corrected chi connectivity index (χ2v) is 4.13. The van der Waals surface area contributed by atoms with Crippen LogP contribution in [0.25, 0.3) is 21.9 Å². The second-order valence-electron chi connectivity index (χ2n) is 3.69. The molecule has 2 aromatic carbocycles. The molecule has 3 heteroatoms. The van der Waals surface area contributed by atoms with Gasteiger partial charge in [0.05, 0.1) is 0 Å². The molecule has 72 valence electrons. The maximum absolute atomic E-state index is 5.93. The normalized spacial score (nSPS) is 11.3. The molecule has 3 aromatic rings. The number of furan rings is 1. The molecule has 0 radical (unpaired) electrons. The molecule has 1 heterocycles. The zero-order valence-corrected chi connectivity index (χ0v) is 9.01. The van der Waals surface area contributed by atoms with Gasteiger partial charge in [0.2, 0.25) is 0 Å². The first kappa shape index (κ1) is 8.87. The Labute approximate surface area is 93.0 Å². The van der Waals surface area contributed by atoms with Gasteiger partial charge in [-0.1, -0.05) is 29.2 Å². The van der Waals surface area contributed by atoms with E-state index in [4.69, 9.17) is 16.0 Å². The van der Waals surface area contributed by atoms with Gasteiger partial charge in [-0.05, 0) is 18.2 Å². The molecule has 0 spiro atoms. The van der Waals surface area contributed by atoms with Crippen molar-refractivity contribution in [1.82, 2.24) is 0 Å². The zero-order chi connectivity index (χ0) is 10.4. The Morgan fingerprint density at radius 2 is 1.93 bits per heavy atom. The summed E-state index contributed by atoms with van der Waals surface area (Å²) in [4.78, 5) is 0. The van der Waals surface area contributed by atoms with Crippen molar-refractivity contribution in [3.05, 3.63) is 41.4 Å². The summed E-state index contributed by atoms with van der Waals surface area (Å²) in [6.45, 7) is 0. The van der Waals surface area contributed by atoms with Gasteiger partial charge < -0.3 is 4.42 Å². The Kier molecular flexibility index (Phi) is 1.80. The molecule has 0 atom stereocenters. The standard InChI is InChI=1S/C12H8BClO/c13-9-2-1-3-10-12(9)8-5-4-7(14)6-11(8)15-10/h1-6H,13H2. The summed E-state index contributed by atoms with van der Waals surface area (Å²) in [6.07, 6.45) is 0. The van der Waals surface area contributed by atoms with Crippen molar-refractivity contribution in [2.75, 3.05) is 0 Å². The van der Waals surface area contributed by atoms with Crippen LogP contribution < -0.4 is 5.46 Å². The highest BCUT2D eigenvalue weighted by Crippen LogP contribution is 2.28. The van der Waals surface area contributed by atoms with Gasteiger partial charge in [0, 0.05) is 21.9 Å². The van der Waals surface area contributed by atoms with E-state index in [9.17, 15) is 0 Å². The van der Waals surface area contributed by atoms with Crippen molar-refractivity contribution in [1.29, 1.82) is 0 Å². The topological polar surface area (TPSA) is 13.1 Å². The smallest absolute Gasteiger partial charge is 0.140 e. The van der Waals surface area contributed by atoms with Gasteiger partial charge in [0.25, 0.3) is 0 Å². The summed E-state index contributed by atoms with van der Waals surface area (Å²) in [5, 5.41) is 3.02.